The highest BCUT2D eigenvalue weighted by atomic mass is 35.5. The van der Waals surface area contributed by atoms with Crippen LogP contribution in [0.15, 0.2) is 36.4 Å². The van der Waals surface area contributed by atoms with Crippen LogP contribution in [0.4, 0.5) is 0 Å². The Balaban J connectivity index is 1.71. The predicted octanol–water partition coefficient (Wildman–Crippen LogP) is 3.98. The van der Waals surface area contributed by atoms with E-state index in [0.29, 0.717) is 28.0 Å². The molecule has 27 heavy (non-hydrogen) atoms. The quantitative estimate of drug-likeness (QED) is 0.757. The third-order valence-electron chi connectivity index (χ3n) is 4.14. The summed E-state index contributed by atoms with van der Waals surface area (Å²) in [4.78, 5) is 12.3. The van der Waals surface area contributed by atoms with Crippen LogP contribution in [-0.4, -0.2) is 26.9 Å². The molecule has 1 amide bonds. The van der Waals surface area contributed by atoms with Crippen LogP contribution in [0.25, 0.3) is 6.08 Å². The summed E-state index contributed by atoms with van der Waals surface area (Å²) in [5.74, 6) is 2.21. The highest BCUT2D eigenvalue weighted by Crippen LogP contribution is 2.40. The predicted molar refractivity (Wildman–Crippen MR) is 103 cm³/mol. The van der Waals surface area contributed by atoms with Crippen LogP contribution in [0.3, 0.4) is 0 Å². The van der Waals surface area contributed by atoms with Gasteiger partial charge < -0.3 is 24.3 Å². The molecule has 0 saturated heterocycles. The number of nitrogens with one attached hydrogen (secondary N) is 1. The lowest BCUT2D eigenvalue weighted by molar-refractivity contribution is -0.117. The van der Waals surface area contributed by atoms with Gasteiger partial charge in [0.25, 0.3) is 0 Å². The van der Waals surface area contributed by atoms with Crippen molar-refractivity contribution in [3.63, 3.8) is 0 Å². The number of halogens is 1. The van der Waals surface area contributed by atoms with Crippen LogP contribution in [0.2, 0.25) is 5.02 Å². The summed E-state index contributed by atoms with van der Waals surface area (Å²) in [6.07, 6.45) is 3.11. The SMILES string of the molecule is COc1ccc(OC)c([C@@H](C)NC(=O)/C=C/c2cc(Cl)c3c(c2)OCO3)c1. The molecule has 0 fully saturated rings. The van der Waals surface area contributed by atoms with E-state index in [-0.39, 0.29) is 18.7 Å². The Labute approximate surface area is 162 Å². The Hall–Kier alpha value is -2.86. The van der Waals surface area contributed by atoms with Gasteiger partial charge in [0.15, 0.2) is 11.5 Å². The zero-order valence-corrected chi connectivity index (χ0v) is 16.0. The molecule has 0 unspecified atom stereocenters. The fourth-order valence-electron chi connectivity index (χ4n) is 2.77. The summed E-state index contributed by atoms with van der Waals surface area (Å²) in [5, 5.41) is 3.35. The number of fused-ring (bicyclic) bond motifs is 1. The van der Waals surface area contributed by atoms with Gasteiger partial charge in [-0.2, -0.15) is 0 Å². The number of ether oxygens (including phenoxy) is 4. The van der Waals surface area contributed by atoms with Crippen molar-refractivity contribution in [1.29, 1.82) is 0 Å². The van der Waals surface area contributed by atoms with Crippen molar-refractivity contribution >= 4 is 23.6 Å². The maximum absolute atomic E-state index is 12.3. The molecule has 0 aliphatic carbocycles. The molecule has 2 aromatic rings. The molecule has 0 aromatic heterocycles. The molecule has 1 aliphatic rings. The molecule has 1 atom stereocenters. The van der Waals surface area contributed by atoms with E-state index in [1.807, 2.05) is 13.0 Å². The number of hydrogen-bond acceptors (Lipinski definition) is 5. The average molecular weight is 390 g/mol. The topological polar surface area (TPSA) is 66.0 Å². The second kappa shape index (κ2) is 8.22. The van der Waals surface area contributed by atoms with Crippen molar-refractivity contribution in [2.45, 2.75) is 13.0 Å². The molecule has 0 radical (unpaired) electrons. The van der Waals surface area contributed by atoms with E-state index in [2.05, 4.69) is 5.32 Å². The maximum Gasteiger partial charge on any atom is 0.244 e. The molecule has 1 aliphatic heterocycles. The molecule has 6 nitrogen and oxygen atoms in total. The van der Waals surface area contributed by atoms with Crippen molar-refractivity contribution in [2.75, 3.05) is 21.0 Å². The van der Waals surface area contributed by atoms with E-state index in [1.54, 1.807) is 44.6 Å². The number of hydrogen-bond donors (Lipinski definition) is 1. The molecule has 142 valence electrons. The minimum absolute atomic E-state index is 0.141. The van der Waals surface area contributed by atoms with E-state index >= 15 is 0 Å². The summed E-state index contributed by atoms with van der Waals surface area (Å²) >= 11 is 6.15. The third kappa shape index (κ3) is 4.28. The van der Waals surface area contributed by atoms with E-state index in [4.69, 9.17) is 30.5 Å². The summed E-state index contributed by atoms with van der Waals surface area (Å²) in [5.41, 5.74) is 1.57. The molecule has 0 saturated carbocycles. The largest absolute Gasteiger partial charge is 0.497 e. The first kappa shape index (κ1) is 18.9. The highest BCUT2D eigenvalue weighted by molar-refractivity contribution is 6.32. The van der Waals surface area contributed by atoms with E-state index in [0.717, 1.165) is 11.1 Å². The Morgan fingerprint density at radius 2 is 2.04 bits per heavy atom. The second-order valence-corrected chi connectivity index (χ2v) is 6.32. The van der Waals surface area contributed by atoms with Gasteiger partial charge in [0.1, 0.15) is 11.5 Å². The molecular weight excluding hydrogens is 370 g/mol. The number of methoxy groups -OCH3 is 2. The Kier molecular flexibility index (Phi) is 5.76. The van der Waals surface area contributed by atoms with Crippen LogP contribution in [-0.2, 0) is 4.79 Å². The monoisotopic (exact) mass is 389 g/mol. The lowest BCUT2D eigenvalue weighted by Crippen LogP contribution is -2.25. The van der Waals surface area contributed by atoms with Gasteiger partial charge in [0, 0.05) is 11.6 Å². The third-order valence-corrected chi connectivity index (χ3v) is 4.42. The van der Waals surface area contributed by atoms with Crippen molar-refractivity contribution < 1.29 is 23.7 Å². The number of rotatable bonds is 6. The minimum Gasteiger partial charge on any atom is -0.497 e. The van der Waals surface area contributed by atoms with Crippen molar-refractivity contribution in [3.05, 3.63) is 52.6 Å². The maximum atomic E-state index is 12.3. The first-order valence-electron chi connectivity index (χ1n) is 8.31. The molecular formula is C20H20ClNO5. The summed E-state index contributed by atoms with van der Waals surface area (Å²) in [7, 11) is 3.18. The normalized spacial score (nSPS) is 13.5. The van der Waals surface area contributed by atoms with Crippen molar-refractivity contribution in [3.8, 4) is 23.0 Å². The molecule has 1 heterocycles. The second-order valence-electron chi connectivity index (χ2n) is 5.91. The average Bonchev–Trinajstić information content (AvgIpc) is 3.15. The molecule has 2 aromatic carbocycles. The highest BCUT2D eigenvalue weighted by Gasteiger charge is 2.18. The van der Waals surface area contributed by atoms with Crippen LogP contribution in [0.1, 0.15) is 24.1 Å². The number of amides is 1. The van der Waals surface area contributed by atoms with Crippen LogP contribution in [0.5, 0.6) is 23.0 Å². The van der Waals surface area contributed by atoms with E-state index in [1.165, 1.54) is 6.08 Å². The lowest BCUT2D eigenvalue weighted by Gasteiger charge is -2.17. The molecule has 3 rings (SSSR count). The summed E-state index contributed by atoms with van der Waals surface area (Å²) in [6.45, 7) is 2.02. The van der Waals surface area contributed by atoms with Crippen LogP contribution in [0, 0.1) is 0 Å². The van der Waals surface area contributed by atoms with Crippen LogP contribution >= 0.6 is 11.6 Å². The summed E-state index contributed by atoms with van der Waals surface area (Å²) < 4.78 is 21.2. The molecule has 0 spiro atoms. The van der Waals surface area contributed by atoms with Gasteiger partial charge >= 0.3 is 0 Å². The Bertz CT molecular complexity index is 881. The zero-order valence-electron chi connectivity index (χ0n) is 15.2. The standard InChI is InChI=1S/C20H20ClNO5/c1-12(15-10-14(24-2)5-6-17(15)25-3)22-19(23)7-4-13-8-16(21)20-18(9-13)26-11-27-20/h4-10,12H,11H2,1-3H3,(H,22,23)/b7-4+/t12-/m1/s1. The smallest absolute Gasteiger partial charge is 0.244 e. The van der Waals surface area contributed by atoms with Gasteiger partial charge in [-0.25, -0.2) is 0 Å². The summed E-state index contributed by atoms with van der Waals surface area (Å²) in [6, 6.07) is 8.67. The van der Waals surface area contributed by atoms with Crippen molar-refractivity contribution in [1.82, 2.24) is 5.32 Å². The Morgan fingerprint density at radius 1 is 1.22 bits per heavy atom. The van der Waals surface area contributed by atoms with Crippen molar-refractivity contribution in [2.24, 2.45) is 0 Å². The van der Waals surface area contributed by atoms with Gasteiger partial charge in [0.05, 0.1) is 25.3 Å². The van der Waals surface area contributed by atoms with Gasteiger partial charge in [-0.1, -0.05) is 11.6 Å². The van der Waals surface area contributed by atoms with Gasteiger partial charge in [-0.05, 0) is 48.9 Å². The van der Waals surface area contributed by atoms with E-state index in [9.17, 15) is 4.79 Å². The minimum atomic E-state index is -0.271. The van der Waals surface area contributed by atoms with E-state index < -0.39 is 0 Å². The fourth-order valence-corrected chi connectivity index (χ4v) is 3.05. The molecule has 7 heteroatoms. The first-order chi connectivity index (χ1) is 13.0. The Morgan fingerprint density at radius 3 is 2.78 bits per heavy atom. The molecule has 0 bridgehead atoms. The number of carbonyl (C=O) groups is 1. The van der Waals surface area contributed by atoms with Gasteiger partial charge in [-0.15, -0.1) is 0 Å². The first-order valence-corrected chi connectivity index (χ1v) is 8.69. The van der Waals surface area contributed by atoms with Gasteiger partial charge in [-0.3, -0.25) is 4.79 Å². The molecule has 1 N–H and O–H groups in total. The lowest BCUT2D eigenvalue weighted by atomic mass is 10.1. The van der Waals surface area contributed by atoms with Gasteiger partial charge in [0.2, 0.25) is 12.7 Å². The zero-order chi connectivity index (χ0) is 19.4. The number of benzene rings is 2. The fraction of sp³-hybridized carbons (Fsp3) is 0.250. The van der Waals surface area contributed by atoms with Crippen LogP contribution < -0.4 is 24.3 Å². The number of carbonyl (C=O) groups excluding carboxylic acids is 1.